The molecule has 0 aliphatic heterocycles. The zero-order valence-electron chi connectivity index (χ0n) is 10.2. The molecule has 0 radical (unpaired) electrons. The van der Waals surface area contributed by atoms with Crippen LogP contribution in [0.2, 0.25) is 0 Å². The van der Waals surface area contributed by atoms with Gasteiger partial charge in [-0.25, -0.2) is 0 Å². The molecule has 1 N–H and O–H groups in total. The third-order valence-electron chi connectivity index (χ3n) is 2.42. The number of hydrogen-bond donors (Lipinski definition) is 1. The Morgan fingerprint density at radius 1 is 1.29 bits per heavy atom. The van der Waals surface area contributed by atoms with Gasteiger partial charge in [0.25, 0.3) is 0 Å². The molecular formula is C13H19BrClNO. The van der Waals surface area contributed by atoms with Crippen molar-refractivity contribution in [3.05, 3.63) is 28.7 Å². The second kappa shape index (κ2) is 7.96. The van der Waals surface area contributed by atoms with E-state index in [1.165, 1.54) is 0 Å². The molecule has 0 saturated carbocycles. The van der Waals surface area contributed by atoms with Crippen LogP contribution in [0.15, 0.2) is 28.7 Å². The Balaban J connectivity index is 2.10. The van der Waals surface area contributed by atoms with Gasteiger partial charge in [-0.15, -0.1) is 11.6 Å². The molecule has 0 aromatic heterocycles. The van der Waals surface area contributed by atoms with Crippen LogP contribution in [0, 0.1) is 5.92 Å². The zero-order chi connectivity index (χ0) is 12.7. The number of nitrogens with one attached hydrogen (secondary N) is 1. The van der Waals surface area contributed by atoms with E-state index in [9.17, 15) is 0 Å². The van der Waals surface area contributed by atoms with Gasteiger partial charge in [-0.1, -0.05) is 29.8 Å². The first-order valence-electron chi connectivity index (χ1n) is 5.82. The van der Waals surface area contributed by atoms with Crippen LogP contribution < -0.4 is 10.1 Å². The number of halogens is 2. The largest absolute Gasteiger partial charge is 0.492 e. The van der Waals surface area contributed by atoms with Gasteiger partial charge in [-0.3, -0.25) is 0 Å². The minimum Gasteiger partial charge on any atom is -0.492 e. The second-order valence-electron chi connectivity index (χ2n) is 4.27. The lowest BCUT2D eigenvalue weighted by Gasteiger charge is -2.14. The van der Waals surface area contributed by atoms with Crippen molar-refractivity contribution in [1.29, 1.82) is 0 Å². The first-order chi connectivity index (χ1) is 8.09. The number of rotatable bonds is 7. The van der Waals surface area contributed by atoms with Crippen molar-refractivity contribution >= 4 is 27.5 Å². The van der Waals surface area contributed by atoms with E-state index in [0.717, 1.165) is 23.3 Å². The molecular weight excluding hydrogens is 302 g/mol. The van der Waals surface area contributed by atoms with Gasteiger partial charge in [0.1, 0.15) is 12.4 Å². The van der Waals surface area contributed by atoms with Crippen LogP contribution in [0.3, 0.4) is 0 Å². The summed E-state index contributed by atoms with van der Waals surface area (Å²) >= 11 is 9.51. The molecule has 0 aliphatic carbocycles. The van der Waals surface area contributed by atoms with Crippen LogP contribution in [0.25, 0.3) is 0 Å². The Morgan fingerprint density at radius 2 is 1.94 bits per heavy atom. The molecule has 0 aliphatic rings. The maximum absolute atomic E-state index is 6.12. The van der Waals surface area contributed by atoms with Gasteiger partial charge in [-0.05, 0) is 30.2 Å². The normalized spacial score (nSPS) is 12.8. The number of alkyl halides is 1. The van der Waals surface area contributed by atoms with Gasteiger partial charge in [0, 0.05) is 22.9 Å². The molecule has 0 bridgehead atoms. The lowest BCUT2D eigenvalue weighted by atomic mass is 10.1. The maximum atomic E-state index is 6.12. The topological polar surface area (TPSA) is 21.3 Å². The van der Waals surface area contributed by atoms with Crippen LogP contribution in [0.4, 0.5) is 0 Å². The van der Waals surface area contributed by atoms with E-state index in [1.807, 2.05) is 24.3 Å². The first-order valence-corrected chi connectivity index (χ1v) is 7.05. The standard InChI is InChI=1S/C13H19BrClNO/c1-10(2)13(15)9-16-7-8-17-12-5-3-11(14)4-6-12/h3-6,10,13,16H,7-9H2,1-2H3. The SMILES string of the molecule is CC(C)C(Cl)CNCCOc1ccc(Br)cc1. The van der Waals surface area contributed by atoms with Crippen LogP contribution >= 0.6 is 27.5 Å². The molecule has 1 aromatic carbocycles. The fraction of sp³-hybridized carbons (Fsp3) is 0.538. The number of benzene rings is 1. The molecule has 4 heteroatoms. The molecule has 17 heavy (non-hydrogen) atoms. The quantitative estimate of drug-likeness (QED) is 0.611. The molecule has 0 heterocycles. The smallest absolute Gasteiger partial charge is 0.119 e. The Bertz CT molecular complexity index is 316. The highest BCUT2D eigenvalue weighted by Gasteiger charge is 2.07. The fourth-order valence-electron chi connectivity index (χ4n) is 1.25. The Hall–Kier alpha value is -0.250. The summed E-state index contributed by atoms with van der Waals surface area (Å²) in [5, 5.41) is 3.46. The van der Waals surface area contributed by atoms with Crippen LogP contribution in [0.1, 0.15) is 13.8 Å². The van der Waals surface area contributed by atoms with Crippen molar-refractivity contribution < 1.29 is 4.74 Å². The minimum atomic E-state index is 0.183. The van der Waals surface area contributed by atoms with E-state index >= 15 is 0 Å². The predicted octanol–water partition coefficient (Wildman–Crippen LogP) is 3.68. The monoisotopic (exact) mass is 319 g/mol. The molecule has 1 atom stereocenters. The highest BCUT2D eigenvalue weighted by atomic mass is 79.9. The molecule has 96 valence electrons. The average Bonchev–Trinajstić information content (AvgIpc) is 2.30. The van der Waals surface area contributed by atoms with Crippen LogP contribution in [-0.4, -0.2) is 25.1 Å². The molecule has 0 fully saturated rings. The highest BCUT2D eigenvalue weighted by molar-refractivity contribution is 9.10. The predicted molar refractivity (Wildman–Crippen MR) is 77.0 cm³/mol. The summed E-state index contributed by atoms with van der Waals surface area (Å²) in [6.45, 7) is 6.54. The van der Waals surface area contributed by atoms with E-state index in [1.54, 1.807) is 0 Å². The van der Waals surface area contributed by atoms with Crippen molar-refractivity contribution in [3.63, 3.8) is 0 Å². The molecule has 2 nitrogen and oxygen atoms in total. The van der Waals surface area contributed by atoms with Gasteiger partial charge in [0.2, 0.25) is 0 Å². The second-order valence-corrected chi connectivity index (χ2v) is 5.74. The van der Waals surface area contributed by atoms with Crippen molar-refractivity contribution in [2.24, 2.45) is 5.92 Å². The molecule has 0 amide bonds. The first kappa shape index (κ1) is 14.8. The average molecular weight is 321 g/mol. The summed E-state index contributed by atoms with van der Waals surface area (Å²) in [6.07, 6.45) is 0. The minimum absolute atomic E-state index is 0.183. The van der Waals surface area contributed by atoms with Gasteiger partial charge in [0.15, 0.2) is 0 Å². The van der Waals surface area contributed by atoms with E-state index < -0.39 is 0 Å². The van der Waals surface area contributed by atoms with Crippen LogP contribution in [-0.2, 0) is 0 Å². The zero-order valence-corrected chi connectivity index (χ0v) is 12.6. The van der Waals surface area contributed by atoms with Gasteiger partial charge in [0.05, 0.1) is 0 Å². The highest BCUT2D eigenvalue weighted by Crippen LogP contribution is 2.15. The van der Waals surface area contributed by atoms with Crippen molar-refractivity contribution in [2.45, 2.75) is 19.2 Å². The molecule has 0 saturated heterocycles. The van der Waals surface area contributed by atoms with Gasteiger partial charge >= 0.3 is 0 Å². The summed E-state index contributed by atoms with van der Waals surface area (Å²) in [6, 6.07) is 7.83. The molecule has 1 aromatic rings. The Kier molecular flexibility index (Phi) is 6.93. The lowest BCUT2D eigenvalue weighted by Crippen LogP contribution is -2.30. The van der Waals surface area contributed by atoms with Crippen LogP contribution in [0.5, 0.6) is 5.75 Å². The number of hydrogen-bond acceptors (Lipinski definition) is 2. The lowest BCUT2D eigenvalue weighted by molar-refractivity contribution is 0.312. The fourth-order valence-corrected chi connectivity index (χ4v) is 1.62. The number of ether oxygens (including phenoxy) is 1. The van der Waals surface area contributed by atoms with E-state index in [2.05, 4.69) is 35.1 Å². The summed E-state index contributed by atoms with van der Waals surface area (Å²) in [5.74, 6) is 1.39. The van der Waals surface area contributed by atoms with E-state index in [4.69, 9.17) is 16.3 Å². The molecule has 1 unspecified atom stereocenters. The van der Waals surface area contributed by atoms with Crippen molar-refractivity contribution in [2.75, 3.05) is 19.7 Å². The van der Waals surface area contributed by atoms with Gasteiger partial charge < -0.3 is 10.1 Å². The summed E-state index contributed by atoms with van der Waals surface area (Å²) in [7, 11) is 0. The van der Waals surface area contributed by atoms with E-state index in [0.29, 0.717) is 12.5 Å². The third kappa shape index (κ3) is 6.29. The third-order valence-corrected chi connectivity index (χ3v) is 3.61. The summed E-state index contributed by atoms with van der Waals surface area (Å²) in [4.78, 5) is 0. The Labute approximate surface area is 117 Å². The Morgan fingerprint density at radius 3 is 2.53 bits per heavy atom. The molecule has 0 spiro atoms. The van der Waals surface area contributed by atoms with Crippen molar-refractivity contribution in [1.82, 2.24) is 5.32 Å². The summed E-state index contributed by atoms with van der Waals surface area (Å²) in [5.41, 5.74) is 0. The van der Waals surface area contributed by atoms with E-state index in [-0.39, 0.29) is 5.38 Å². The molecule has 1 rings (SSSR count). The van der Waals surface area contributed by atoms with Gasteiger partial charge in [-0.2, -0.15) is 0 Å². The summed E-state index contributed by atoms with van der Waals surface area (Å²) < 4.78 is 6.64. The maximum Gasteiger partial charge on any atom is 0.119 e. The van der Waals surface area contributed by atoms with Crippen molar-refractivity contribution in [3.8, 4) is 5.75 Å².